The summed E-state index contributed by atoms with van der Waals surface area (Å²) in [6, 6.07) is 6.23. The Balaban J connectivity index is 2.07. The van der Waals surface area contributed by atoms with Crippen LogP contribution in [-0.2, 0) is 4.79 Å². The van der Waals surface area contributed by atoms with E-state index in [0.717, 1.165) is 17.4 Å². The summed E-state index contributed by atoms with van der Waals surface area (Å²) in [5.74, 6) is 0.943. The normalized spacial score (nSPS) is 11.0. The number of rotatable bonds is 6. The molecule has 0 atom stereocenters. The SMILES string of the molecule is Cc1ccc(-n2cnnc2SCC(=O)N(C)CC(C)C)cc1C. The highest BCUT2D eigenvalue weighted by atomic mass is 32.2. The van der Waals surface area contributed by atoms with Crippen LogP contribution in [0, 0.1) is 19.8 Å². The Hall–Kier alpha value is -1.82. The van der Waals surface area contributed by atoms with Gasteiger partial charge in [0.05, 0.1) is 5.75 Å². The topological polar surface area (TPSA) is 51.0 Å². The maximum absolute atomic E-state index is 12.2. The van der Waals surface area contributed by atoms with Crippen molar-refractivity contribution >= 4 is 17.7 Å². The van der Waals surface area contributed by atoms with E-state index in [4.69, 9.17) is 0 Å². The Kier molecular flexibility index (Phi) is 5.82. The van der Waals surface area contributed by atoms with Crippen molar-refractivity contribution in [1.29, 1.82) is 0 Å². The molecule has 0 N–H and O–H groups in total. The molecule has 0 spiro atoms. The lowest BCUT2D eigenvalue weighted by molar-refractivity contribution is -0.127. The maximum atomic E-state index is 12.2. The van der Waals surface area contributed by atoms with Gasteiger partial charge in [0.2, 0.25) is 5.91 Å². The summed E-state index contributed by atoms with van der Waals surface area (Å²) in [5, 5.41) is 8.87. The maximum Gasteiger partial charge on any atom is 0.232 e. The van der Waals surface area contributed by atoms with E-state index in [0.29, 0.717) is 11.7 Å². The van der Waals surface area contributed by atoms with Crippen LogP contribution in [0.25, 0.3) is 5.69 Å². The minimum absolute atomic E-state index is 0.110. The molecule has 0 radical (unpaired) electrons. The molecule has 1 amide bonds. The molecule has 6 heteroatoms. The summed E-state index contributed by atoms with van der Waals surface area (Å²) in [5.41, 5.74) is 3.49. The van der Waals surface area contributed by atoms with Gasteiger partial charge in [-0.25, -0.2) is 0 Å². The van der Waals surface area contributed by atoms with Gasteiger partial charge in [0.1, 0.15) is 6.33 Å². The smallest absolute Gasteiger partial charge is 0.232 e. The Bertz CT molecular complexity index is 681. The van der Waals surface area contributed by atoms with E-state index in [2.05, 4.69) is 50.0 Å². The molecule has 124 valence electrons. The first-order chi connectivity index (χ1) is 10.9. The van der Waals surface area contributed by atoms with Gasteiger partial charge in [0, 0.05) is 19.3 Å². The molecule has 23 heavy (non-hydrogen) atoms. The lowest BCUT2D eigenvalue weighted by Gasteiger charge is -2.19. The summed E-state index contributed by atoms with van der Waals surface area (Å²) in [6.45, 7) is 9.15. The average molecular weight is 332 g/mol. The summed E-state index contributed by atoms with van der Waals surface area (Å²) < 4.78 is 1.92. The number of benzene rings is 1. The molecule has 2 aromatic rings. The van der Waals surface area contributed by atoms with Gasteiger partial charge in [0.15, 0.2) is 5.16 Å². The fourth-order valence-corrected chi connectivity index (χ4v) is 3.13. The molecule has 2 rings (SSSR count). The fraction of sp³-hybridized carbons (Fsp3) is 0.471. The third-order valence-corrected chi connectivity index (χ3v) is 4.60. The van der Waals surface area contributed by atoms with Gasteiger partial charge in [-0.2, -0.15) is 0 Å². The molecule has 0 bridgehead atoms. The monoisotopic (exact) mass is 332 g/mol. The summed E-state index contributed by atoms with van der Waals surface area (Å²) in [4.78, 5) is 13.9. The van der Waals surface area contributed by atoms with Crippen LogP contribution in [-0.4, -0.2) is 44.9 Å². The third kappa shape index (κ3) is 4.58. The molecule has 5 nitrogen and oxygen atoms in total. The van der Waals surface area contributed by atoms with E-state index in [1.54, 1.807) is 11.2 Å². The second-order valence-electron chi connectivity index (χ2n) is 6.21. The van der Waals surface area contributed by atoms with Gasteiger partial charge >= 0.3 is 0 Å². The molecule has 1 heterocycles. The predicted octanol–water partition coefficient (Wildman–Crippen LogP) is 3.09. The van der Waals surface area contributed by atoms with Crippen molar-refractivity contribution in [2.45, 2.75) is 32.9 Å². The van der Waals surface area contributed by atoms with E-state index in [1.807, 2.05) is 17.7 Å². The van der Waals surface area contributed by atoms with Gasteiger partial charge in [-0.15, -0.1) is 10.2 Å². The number of carbonyl (C=O) groups is 1. The van der Waals surface area contributed by atoms with E-state index in [9.17, 15) is 4.79 Å². The van der Waals surface area contributed by atoms with Crippen LogP contribution in [0.5, 0.6) is 0 Å². The lowest BCUT2D eigenvalue weighted by Crippen LogP contribution is -2.31. The van der Waals surface area contributed by atoms with Crippen LogP contribution < -0.4 is 0 Å². The van der Waals surface area contributed by atoms with E-state index in [1.165, 1.54) is 22.9 Å². The molecular formula is C17H24N4OS. The molecule has 1 aromatic heterocycles. The summed E-state index contributed by atoms with van der Waals surface area (Å²) >= 11 is 1.42. The zero-order valence-corrected chi connectivity index (χ0v) is 15.2. The van der Waals surface area contributed by atoms with Gasteiger partial charge in [-0.05, 0) is 43.0 Å². The Morgan fingerprint density at radius 3 is 2.70 bits per heavy atom. The Labute approximate surface area is 142 Å². The largest absolute Gasteiger partial charge is 0.345 e. The van der Waals surface area contributed by atoms with Crippen molar-refractivity contribution in [1.82, 2.24) is 19.7 Å². The highest BCUT2D eigenvalue weighted by Crippen LogP contribution is 2.21. The molecule has 0 unspecified atom stereocenters. The Morgan fingerprint density at radius 2 is 2.04 bits per heavy atom. The second kappa shape index (κ2) is 7.64. The van der Waals surface area contributed by atoms with Gasteiger partial charge in [0.25, 0.3) is 0 Å². The van der Waals surface area contributed by atoms with Crippen molar-refractivity contribution in [3.8, 4) is 5.69 Å². The molecule has 1 aromatic carbocycles. The second-order valence-corrected chi connectivity index (χ2v) is 7.15. The fourth-order valence-electron chi connectivity index (χ4n) is 2.26. The van der Waals surface area contributed by atoms with Gasteiger partial charge in [-0.3, -0.25) is 9.36 Å². The van der Waals surface area contributed by atoms with E-state index < -0.39 is 0 Å². The van der Waals surface area contributed by atoms with Crippen LogP contribution in [0.15, 0.2) is 29.7 Å². The Morgan fingerprint density at radius 1 is 1.30 bits per heavy atom. The predicted molar refractivity (Wildman–Crippen MR) is 94.0 cm³/mol. The van der Waals surface area contributed by atoms with E-state index >= 15 is 0 Å². The first kappa shape index (κ1) is 17.5. The van der Waals surface area contributed by atoms with Crippen molar-refractivity contribution in [2.75, 3.05) is 19.3 Å². The number of aromatic nitrogens is 3. The van der Waals surface area contributed by atoms with Crippen molar-refractivity contribution in [3.63, 3.8) is 0 Å². The van der Waals surface area contributed by atoms with E-state index in [-0.39, 0.29) is 5.91 Å². The minimum Gasteiger partial charge on any atom is -0.345 e. The standard InChI is InChI=1S/C17H24N4OS/c1-12(2)9-20(5)16(22)10-23-17-19-18-11-21(17)15-7-6-13(3)14(4)8-15/h6-8,11-12H,9-10H2,1-5H3. The van der Waals surface area contributed by atoms with Crippen LogP contribution >= 0.6 is 11.8 Å². The number of nitrogens with zero attached hydrogens (tertiary/aromatic N) is 4. The first-order valence-corrected chi connectivity index (χ1v) is 8.71. The zero-order valence-electron chi connectivity index (χ0n) is 14.4. The van der Waals surface area contributed by atoms with Crippen LogP contribution in [0.2, 0.25) is 0 Å². The highest BCUT2D eigenvalue weighted by molar-refractivity contribution is 7.99. The minimum atomic E-state index is 0.110. The van der Waals surface area contributed by atoms with Crippen LogP contribution in [0.1, 0.15) is 25.0 Å². The molecule has 0 fully saturated rings. The van der Waals surface area contributed by atoms with Crippen LogP contribution in [0.3, 0.4) is 0 Å². The summed E-state index contributed by atoms with van der Waals surface area (Å²) in [6.07, 6.45) is 1.69. The molecule has 0 saturated heterocycles. The number of aryl methyl sites for hydroxylation is 2. The molecule has 0 aliphatic heterocycles. The quantitative estimate of drug-likeness (QED) is 0.763. The van der Waals surface area contributed by atoms with Crippen molar-refractivity contribution in [2.24, 2.45) is 5.92 Å². The first-order valence-electron chi connectivity index (χ1n) is 7.73. The molecule has 0 aliphatic rings. The molecular weight excluding hydrogens is 308 g/mol. The number of carbonyl (C=O) groups excluding carboxylic acids is 1. The number of thioether (sulfide) groups is 1. The average Bonchev–Trinajstić information content (AvgIpc) is 2.95. The number of amides is 1. The van der Waals surface area contributed by atoms with Gasteiger partial charge in [-0.1, -0.05) is 31.7 Å². The molecule has 0 aliphatic carbocycles. The van der Waals surface area contributed by atoms with Crippen molar-refractivity contribution in [3.05, 3.63) is 35.7 Å². The zero-order chi connectivity index (χ0) is 17.0. The number of hydrogen-bond donors (Lipinski definition) is 0. The lowest BCUT2D eigenvalue weighted by atomic mass is 10.1. The van der Waals surface area contributed by atoms with Crippen LogP contribution in [0.4, 0.5) is 0 Å². The van der Waals surface area contributed by atoms with Crippen molar-refractivity contribution < 1.29 is 4.79 Å². The summed E-state index contributed by atoms with van der Waals surface area (Å²) in [7, 11) is 1.84. The highest BCUT2D eigenvalue weighted by Gasteiger charge is 2.14. The van der Waals surface area contributed by atoms with Gasteiger partial charge < -0.3 is 4.90 Å². The third-order valence-electron chi connectivity index (χ3n) is 3.67. The number of hydrogen-bond acceptors (Lipinski definition) is 4. The molecule has 0 saturated carbocycles.